The molecule has 0 aliphatic heterocycles. The monoisotopic (exact) mass is 396 g/mol. The van der Waals surface area contributed by atoms with E-state index in [0.29, 0.717) is 12.1 Å². The van der Waals surface area contributed by atoms with Crippen LogP contribution in [0.15, 0.2) is 60.8 Å². The minimum absolute atomic E-state index is 0.0373. The van der Waals surface area contributed by atoms with Gasteiger partial charge >= 0.3 is 0 Å². The summed E-state index contributed by atoms with van der Waals surface area (Å²) in [6.45, 7) is 0. The zero-order valence-electron chi connectivity index (χ0n) is 15.5. The number of benzene rings is 2. The average molecular weight is 396 g/mol. The standard InChI is InChI=1S/C22H21FN2O2S/c1-28(26,27)25-18-5-2-4-15(12-18)13-21-19-9-8-17(23)14-16(19)7-10-22-20(21)6-3-11-24-22/h2-6,8-9,11-12,14,21,25H,7,10,13H2,1H3. The summed E-state index contributed by atoms with van der Waals surface area (Å²) in [5, 5.41) is 0. The molecule has 3 aromatic rings. The molecule has 1 heterocycles. The molecule has 0 saturated carbocycles. The van der Waals surface area contributed by atoms with E-state index >= 15 is 0 Å². The van der Waals surface area contributed by atoms with E-state index in [9.17, 15) is 12.8 Å². The third-order valence-corrected chi connectivity index (χ3v) is 5.69. The van der Waals surface area contributed by atoms with Gasteiger partial charge in [0.2, 0.25) is 10.0 Å². The van der Waals surface area contributed by atoms with E-state index in [-0.39, 0.29) is 11.7 Å². The first-order valence-electron chi connectivity index (χ1n) is 9.18. The number of fused-ring (bicyclic) bond motifs is 2. The second kappa shape index (κ2) is 7.36. The number of sulfonamides is 1. The van der Waals surface area contributed by atoms with Crippen LogP contribution in [0.25, 0.3) is 0 Å². The van der Waals surface area contributed by atoms with Crippen molar-refractivity contribution in [2.75, 3.05) is 11.0 Å². The number of pyridine rings is 1. The number of halogens is 1. The summed E-state index contributed by atoms with van der Waals surface area (Å²) in [6, 6.07) is 16.4. The van der Waals surface area contributed by atoms with Crippen molar-refractivity contribution in [1.29, 1.82) is 0 Å². The Hall–Kier alpha value is -2.73. The first-order chi connectivity index (χ1) is 13.4. The highest BCUT2D eigenvalue weighted by atomic mass is 32.2. The van der Waals surface area contributed by atoms with E-state index in [1.54, 1.807) is 18.3 Å². The maximum absolute atomic E-state index is 13.8. The summed E-state index contributed by atoms with van der Waals surface area (Å²) in [5.41, 5.74) is 5.84. The summed E-state index contributed by atoms with van der Waals surface area (Å²) in [5.74, 6) is -0.189. The van der Waals surface area contributed by atoms with Gasteiger partial charge in [0, 0.05) is 23.5 Å². The fraction of sp³-hybridized carbons (Fsp3) is 0.227. The zero-order valence-corrected chi connectivity index (χ0v) is 16.3. The van der Waals surface area contributed by atoms with Gasteiger partial charge in [-0.3, -0.25) is 9.71 Å². The smallest absolute Gasteiger partial charge is 0.229 e. The van der Waals surface area contributed by atoms with Crippen LogP contribution in [0, 0.1) is 5.82 Å². The van der Waals surface area contributed by atoms with Gasteiger partial charge in [-0.1, -0.05) is 24.3 Å². The molecule has 0 bridgehead atoms. The largest absolute Gasteiger partial charge is 0.284 e. The lowest BCUT2D eigenvalue weighted by atomic mass is 9.84. The molecule has 1 aliphatic rings. The number of rotatable bonds is 4. The van der Waals surface area contributed by atoms with E-state index in [1.807, 2.05) is 30.3 Å². The fourth-order valence-corrected chi connectivity index (χ4v) is 4.51. The molecule has 0 amide bonds. The summed E-state index contributed by atoms with van der Waals surface area (Å²) >= 11 is 0. The summed E-state index contributed by atoms with van der Waals surface area (Å²) in [7, 11) is -3.34. The van der Waals surface area contributed by atoms with Crippen molar-refractivity contribution in [3.63, 3.8) is 0 Å². The van der Waals surface area contributed by atoms with Gasteiger partial charge in [0.25, 0.3) is 0 Å². The van der Waals surface area contributed by atoms with Crippen LogP contribution >= 0.6 is 0 Å². The van der Waals surface area contributed by atoms with Gasteiger partial charge in [-0.05, 0) is 71.8 Å². The molecule has 1 aliphatic carbocycles. The Morgan fingerprint density at radius 2 is 1.93 bits per heavy atom. The molecule has 1 unspecified atom stereocenters. The van der Waals surface area contributed by atoms with E-state index in [4.69, 9.17) is 0 Å². The Bertz CT molecular complexity index is 1130. The zero-order chi connectivity index (χ0) is 19.7. The Kier molecular flexibility index (Phi) is 4.89. The summed E-state index contributed by atoms with van der Waals surface area (Å²) < 4.78 is 39.5. The molecule has 0 spiro atoms. The van der Waals surface area contributed by atoms with Gasteiger partial charge in [0.05, 0.1) is 6.26 Å². The van der Waals surface area contributed by atoms with Gasteiger partial charge in [0.1, 0.15) is 5.82 Å². The van der Waals surface area contributed by atoms with Crippen molar-refractivity contribution < 1.29 is 12.8 Å². The molecule has 1 atom stereocenters. The summed E-state index contributed by atoms with van der Waals surface area (Å²) in [6.07, 6.45) is 5.14. The van der Waals surface area contributed by atoms with Crippen LogP contribution in [0.2, 0.25) is 0 Å². The van der Waals surface area contributed by atoms with Crippen LogP contribution in [0.3, 0.4) is 0 Å². The highest BCUT2D eigenvalue weighted by Crippen LogP contribution is 2.36. The van der Waals surface area contributed by atoms with E-state index in [0.717, 1.165) is 47.0 Å². The minimum atomic E-state index is -3.34. The van der Waals surface area contributed by atoms with Gasteiger partial charge in [0.15, 0.2) is 0 Å². The van der Waals surface area contributed by atoms with Crippen LogP contribution in [0.5, 0.6) is 0 Å². The first-order valence-corrected chi connectivity index (χ1v) is 11.1. The fourth-order valence-electron chi connectivity index (χ4n) is 3.96. The maximum Gasteiger partial charge on any atom is 0.229 e. The third kappa shape index (κ3) is 4.07. The molecule has 0 saturated heterocycles. The quantitative estimate of drug-likeness (QED) is 0.723. The Labute approximate surface area is 164 Å². The van der Waals surface area contributed by atoms with Crippen LogP contribution in [0.1, 0.15) is 33.9 Å². The van der Waals surface area contributed by atoms with Crippen LogP contribution in [-0.4, -0.2) is 19.7 Å². The van der Waals surface area contributed by atoms with Gasteiger partial charge < -0.3 is 0 Å². The van der Waals surface area contributed by atoms with Crippen molar-refractivity contribution in [2.45, 2.75) is 25.2 Å². The molecule has 144 valence electrons. The number of nitrogens with one attached hydrogen (secondary N) is 1. The van der Waals surface area contributed by atoms with E-state index in [1.165, 1.54) is 6.07 Å². The average Bonchev–Trinajstić information content (AvgIpc) is 2.78. The van der Waals surface area contributed by atoms with Crippen molar-refractivity contribution in [1.82, 2.24) is 4.98 Å². The van der Waals surface area contributed by atoms with Crippen LogP contribution in [0.4, 0.5) is 10.1 Å². The number of aromatic nitrogens is 1. The Balaban J connectivity index is 1.76. The number of anilines is 1. The molecule has 1 N–H and O–H groups in total. The molecule has 2 aromatic carbocycles. The molecule has 0 fully saturated rings. The Morgan fingerprint density at radius 3 is 2.75 bits per heavy atom. The molecule has 0 radical (unpaired) electrons. The predicted octanol–water partition coefficient (Wildman–Crippen LogP) is 4.07. The number of hydrogen-bond acceptors (Lipinski definition) is 3. The maximum atomic E-state index is 13.8. The Morgan fingerprint density at radius 1 is 1.07 bits per heavy atom. The van der Waals surface area contributed by atoms with E-state index in [2.05, 4.69) is 15.8 Å². The molecular weight excluding hydrogens is 375 g/mol. The van der Waals surface area contributed by atoms with Gasteiger partial charge in [-0.15, -0.1) is 0 Å². The highest BCUT2D eigenvalue weighted by molar-refractivity contribution is 7.92. The lowest BCUT2D eigenvalue weighted by Gasteiger charge is -2.20. The third-order valence-electron chi connectivity index (χ3n) is 5.08. The van der Waals surface area contributed by atoms with Gasteiger partial charge in [-0.2, -0.15) is 0 Å². The lowest BCUT2D eigenvalue weighted by molar-refractivity contribution is 0.607. The van der Waals surface area contributed by atoms with Gasteiger partial charge in [-0.25, -0.2) is 12.8 Å². The first kappa shape index (κ1) is 18.6. The molecule has 6 heteroatoms. The van der Waals surface area contributed by atoms with Crippen molar-refractivity contribution >= 4 is 15.7 Å². The SMILES string of the molecule is CS(=O)(=O)Nc1cccc(CC2c3ccc(F)cc3CCc3ncccc32)c1. The van der Waals surface area contributed by atoms with Crippen molar-refractivity contribution in [3.05, 3.63) is 94.6 Å². The second-order valence-electron chi connectivity index (χ2n) is 7.21. The predicted molar refractivity (Wildman–Crippen MR) is 109 cm³/mol. The molecule has 28 heavy (non-hydrogen) atoms. The summed E-state index contributed by atoms with van der Waals surface area (Å²) in [4.78, 5) is 4.56. The van der Waals surface area contributed by atoms with Crippen LogP contribution < -0.4 is 4.72 Å². The molecule has 4 nitrogen and oxygen atoms in total. The highest BCUT2D eigenvalue weighted by Gasteiger charge is 2.25. The molecule has 1 aromatic heterocycles. The number of hydrogen-bond donors (Lipinski definition) is 1. The number of nitrogens with zero attached hydrogens (tertiary/aromatic N) is 1. The van der Waals surface area contributed by atoms with E-state index < -0.39 is 10.0 Å². The van der Waals surface area contributed by atoms with Crippen molar-refractivity contribution in [2.24, 2.45) is 0 Å². The lowest BCUT2D eigenvalue weighted by Crippen LogP contribution is -2.11. The molecule has 4 rings (SSSR count). The molecular formula is C22H21FN2O2S. The second-order valence-corrected chi connectivity index (χ2v) is 8.96. The minimum Gasteiger partial charge on any atom is -0.284 e. The number of aryl methyl sites for hydroxylation is 2. The topological polar surface area (TPSA) is 59.1 Å². The normalized spacial score (nSPS) is 16.0. The van der Waals surface area contributed by atoms with Crippen LogP contribution in [-0.2, 0) is 29.3 Å². The van der Waals surface area contributed by atoms with Crippen molar-refractivity contribution in [3.8, 4) is 0 Å².